The third-order valence-corrected chi connectivity index (χ3v) is 12.5. The molecule has 6 nitrogen and oxygen atoms in total. The molecule has 0 aromatic rings. The first-order valence-electron chi connectivity index (χ1n) is 28.8. The third-order valence-electron chi connectivity index (χ3n) is 12.5. The molecule has 388 valence electrons. The lowest BCUT2D eigenvalue weighted by atomic mass is 10.0. The van der Waals surface area contributed by atoms with Crippen LogP contribution < -0.4 is 0 Å². The van der Waals surface area contributed by atoms with Crippen LogP contribution in [0, 0.1) is 0 Å². The fraction of sp³-hybridized carbons (Fsp3) is 0.787. The molecule has 67 heavy (non-hydrogen) atoms. The molecular formula is C61H108O6. The number of hydrogen-bond donors (Lipinski definition) is 0. The summed E-state index contributed by atoms with van der Waals surface area (Å²) in [5, 5.41) is 0. The normalized spacial score (nSPS) is 12.5. The Bertz CT molecular complexity index is 1210. The van der Waals surface area contributed by atoms with Gasteiger partial charge in [0.1, 0.15) is 13.2 Å². The van der Waals surface area contributed by atoms with E-state index in [4.69, 9.17) is 14.2 Å². The minimum atomic E-state index is -0.788. The molecule has 0 saturated carbocycles. The molecule has 0 unspecified atom stereocenters. The van der Waals surface area contributed by atoms with Gasteiger partial charge in [0.05, 0.1) is 0 Å². The fourth-order valence-corrected chi connectivity index (χ4v) is 8.13. The van der Waals surface area contributed by atoms with Crippen molar-refractivity contribution in [2.45, 2.75) is 297 Å². The molecule has 1 atom stereocenters. The summed E-state index contributed by atoms with van der Waals surface area (Å²) in [5.41, 5.74) is 0. The van der Waals surface area contributed by atoms with E-state index in [-0.39, 0.29) is 31.1 Å². The van der Waals surface area contributed by atoms with Crippen LogP contribution in [0.1, 0.15) is 290 Å². The maximum Gasteiger partial charge on any atom is 0.306 e. The zero-order valence-electron chi connectivity index (χ0n) is 44.4. The van der Waals surface area contributed by atoms with Gasteiger partial charge in [-0.3, -0.25) is 14.4 Å². The molecule has 0 aliphatic rings. The number of rotatable bonds is 52. The van der Waals surface area contributed by atoms with E-state index < -0.39 is 6.10 Å². The number of hydrogen-bond acceptors (Lipinski definition) is 6. The lowest BCUT2D eigenvalue weighted by molar-refractivity contribution is -0.167. The second-order valence-corrected chi connectivity index (χ2v) is 19.2. The highest BCUT2D eigenvalue weighted by molar-refractivity contribution is 5.71. The van der Waals surface area contributed by atoms with E-state index >= 15 is 0 Å². The Morgan fingerprint density at radius 1 is 0.299 bits per heavy atom. The summed E-state index contributed by atoms with van der Waals surface area (Å²) in [4.78, 5) is 38.1. The minimum absolute atomic E-state index is 0.0867. The van der Waals surface area contributed by atoms with Crippen molar-refractivity contribution in [1.29, 1.82) is 0 Å². The number of ether oxygens (including phenoxy) is 3. The van der Waals surface area contributed by atoms with Crippen LogP contribution in [0.4, 0.5) is 0 Å². The van der Waals surface area contributed by atoms with Crippen molar-refractivity contribution in [2.75, 3.05) is 13.2 Å². The lowest BCUT2D eigenvalue weighted by Crippen LogP contribution is -2.30. The quantitative estimate of drug-likeness (QED) is 0.0262. The Labute approximate surface area is 415 Å². The van der Waals surface area contributed by atoms with E-state index in [1.807, 2.05) is 0 Å². The van der Waals surface area contributed by atoms with Crippen LogP contribution in [0.3, 0.4) is 0 Å². The van der Waals surface area contributed by atoms with Crippen molar-refractivity contribution < 1.29 is 28.6 Å². The van der Waals surface area contributed by atoms with Crippen LogP contribution in [-0.2, 0) is 28.6 Å². The van der Waals surface area contributed by atoms with Crippen LogP contribution in [0.5, 0.6) is 0 Å². The SMILES string of the molecule is CCCCC/C=C\C/C=C\C/C=C\C/C=C\CCCCCC(=O)OC[C@@H](COC(=O)CCCCCCC/C=C\CCCCC)OC(=O)CCCCCCCCCCCCCCCCCCCC. The second-order valence-electron chi connectivity index (χ2n) is 19.2. The molecular weight excluding hydrogens is 829 g/mol. The molecule has 0 aliphatic heterocycles. The number of carbonyl (C=O) groups excluding carboxylic acids is 3. The van der Waals surface area contributed by atoms with Gasteiger partial charge in [0.2, 0.25) is 0 Å². The largest absolute Gasteiger partial charge is 0.462 e. The summed E-state index contributed by atoms with van der Waals surface area (Å²) in [5.74, 6) is -0.915. The molecule has 0 heterocycles. The summed E-state index contributed by atoms with van der Waals surface area (Å²) < 4.78 is 16.8. The van der Waals surface area contributed by atoms with Crippen molar-refractivity contribution in [2.24, 2.45) is 0 Å². The lowest BCUT2D eigenvalue weighted by Gasteiger charge is -2.18. The molecule has 0 spiro atoms. The average molecular weight is 938 g/mol. The Balaban J connectivity index is 4.39. The van der Waals surface area contributed by atoms with Gasteiger partial charge < -0.3 is 14.2 Å². The van der Waals surface area contributed by atoms with Crippen LogP contribution in [0.25, 0.3) is 0 Å². The Kier molecular flexibility index (Phi) is 53.3. The standard InChI is InChI=1S/C61H108O6/c1-4-7-10-13-16-19-22-25-27-29-31-33-34-36-39-42-45-48-51-54-60(63)66-57-58(56-65-59(62)53-50-47-44-41-38-24-21-18-15-12-9-6-3)67-61(64)55-52-49-46-43-40-37-35-32-30-28-26-23-20-17-14-11-8-5-2/h16,18-19,21,25,27,31,33,36,39,58H,4-15,17,20,22-24,26,28-30,32,34-35,37-38,40-57H2,1-3H3/b19-16-,21-18-,27-25-,33-31-,39-36-/t58-/m1/s1. The fourth-order valence-electron chi connectivity index (χ4n) is 8.13. The molecule has 6 heteroatoms. The van der Waals surface area contributed by atoms with E-state index in [0.717, 1.165) is 89.9 Å². The van der Waals surface area contributed by atoms with Crippen LogP contribution >= 0.6 is 0 Å². The van der Waals surface area contributed by atoms with Gasteiger partial charge in [-0.1, -0.05) is 242 Å². The van der Waals surface area contributed by atoms with E-state index in [1.54, 1.807) is 0 Å². The summed E-state index contributed by atoms with van der Waals surface area (Å²) >= 11 is 0. The highest BCUT2D eigenvalue weighted by atomic mass is 16.6. The Morgan fingerprint density at radius 2 is 0.537 bits per heavy atom. The zero-order valence-corrected chi connectivity index (χ0v) is 44.4. The van der Waals surface area contributed by atoms with Gasteiger partial charge in [-0.05, 0) is 89.9 Å². The summed E-state index contributed by atoms with van der Waals surface area (Å²) in [6.45, 7) is 6.58. The Hall–Kier alpha value is -2.89. The smallest absolute Gasteiger partial charge is 0.306 e. The van der Waals surface area contributed by atoms with Gasteiger partial charge in [-0.25, -0.2) is 0 Å². The molecule has 0 aromatic heterocycles. The highest BCUT2D eigenvalue weighted by Crippen LogP contribution is 2.16. The van der Waals surface area contributed by atoms with E-state index in [1.165, 1.54) is 161 Å². The number of carbonyl (C=O) groups is 3. The van der Waals surface area contributed by atoms with E-state index in [2.05, 4.69) is 81.5 Å². The van der Waals surface area contributed by atoms with E-state index in [0.29, 0.717) is 19.3 Å². The first-order chi connectivity index (χ1) is 33.0. The third kappa shape index (κ3) is 53.9. The van der Waals surface area contributed by atoms with Gasteiger partial charge in [0.25, 0.3) is 0 Å². The minimum Gasteiger partial charge on any atom is -0.462 e. The number of allylic oxidation sites excluding steroid dienone is 10. The predicted molar refractivity (Wildman–Crippen MR) is 288 cm³/mol. The molecule has 0 radical (unpaired) electrons. The molecule has 0 aliphatic carbocycles. The second kappa shape index (κ2) is 55.7. The number of esters is 3. The van der Waals surface area contributed by atoms with Crippen molar-refractivity contribution >= 4 is 17.9 Å². The first-order valence-corrected chi connectivity index (χ1v) is 28.8. The maximum atomic E-state index is 12.9. The van der Waals surface area contributed by atoms with Gasteiger partial charge >= 0.3 is 17.9 Å². The predicted octanol–water partition coefficient (Wildman–Crippen LogP) is 19.2. The molecule has 0 amide bonds. The van der Waals surface area contributed by atoms with Crippen LogP contribution in [0.2, 0.25) is 0 Å². The Morgan fingerprint density at radius 3 is 0.896 bits per heavy atom. The van der Waals surface area contributed by atoms with Gasteiger partial charge in [0.15, 0.2) is 6.10 Å². The molecule has 0 rings (SSSR count). The average Bonchev–Trinajstić information content (AvgIpc) is 3.33. The van der Waals surface area contributed by atoms with Gasteiger partial charge in [-0.15, -0.1) is 0 Å². The highest BCUT2D eigenvalue weighted by Gasteiger charge is 2.19. The van der Waals surface area contributed by atoms with Crippen LogP contribution in [-0.4, -0.2) is 37.2 Å². The summed E-state index contributed by atoms with van der Waals surface area (Å²) in [6, 6.07) is 0. The van der Waals surface area contributed by atoms with Gasteiger partial charge in [-0.2, -0.15) is 0 Å². The number of unbranched alkanes of at least 4 members (excludes halogenated alkanes) is 31. The molecule has 0 N–H and O–H groups in total. The molecule has 0 saturated heterocycles. The molecule has 0 fully saturated rings. The van der Waals surface area contributed by atoms with Crippen molar-refractivity contribution in [3.8, 4) is 0 Å². The van der Waals surface area contributed by atoms with Crippen LogP contribution in [0.15, 0.2) is 60.8 Å². The van der Waals surface area contributed by atoms with Crippen molar-refractivity contribution in [3.05, 3.63) is 60.8 Å². The summed E-state index contributed by atoms with van der Waals surface area (Å²) in [6.07, 6.45) is 69.2. The van der Waals surface area contributed by atoms with E-state index in [9.17, 15) is 14.4 Å². The maximum absolute atomic E-state index is 12.9. The zero-order chi connectivity index (χ0) is 48.6. The summed E-state index contributed by atoms with van der Waals surface area (Å²) in [7, 11) is 0. The monoisotopic (exact) mass is 937 g/mol. The van der Waals surface area contributed by atoms with Crippen molar-refractivity contribution in [1.82, 2.24) is 0 Å². The topological polar surface area (TPSA) is 78.9 Å². The molecule has 0 bridgehead atoms. The van der Waals surface area contributed by atoms with Crippen molar-refractivity contribution in [3.63, 3.8) is 0 Å². The molecule has 0 aromatic carbocycles. The first kappa shape index (κ1) is 64.1. The van der Waals surface area contributed by atoms with Gasteiger partial charge in [0, 0.05) is 19.3 Å².